The molecule has 0 aliphatic heterocycles. The van der Waals surface area contributed by atoms with Gasteiger partial charge in [-0.05, 0) is 63.2 Å². The van der Waals surface area contributed by atoms with E-state index in [2.05, 4.69) is 114 Å². The molecule has 0 fully saturated rings. The lowest BCUT2D eigenvalue weighted by atomic mass is 9.71. The fraction of sp³-hybridized carbons (Fsp3) is 0.692. The third-order valence-electron chi connectivity index (χ3n) is 9.43. The van der Waals surface area contributed by atoms with Crippen LogP contribution in [0.1, 0.15) is 187 Å². The van der Waals surface area contributed by atoms with Crippen molar-refractivity contribution < 1.29 is 10.2 Å². The number of rotatable bonds is 13. The average Bonchev–Trinajstić information content (AvgIpc) is 2.84. The molecule has 2 heteroatoms. The molecule has 0 bridgehead atoms. The predicted molar refractivity (Wildman–Crippen MR) is 180 cm³/mol. The maximum absolute atomic E-state index is 11.9. The normalized spacial score (nSPS) is 13.3. The minimum atomic E-state index is -0.200. The van der Waals surface area contributed by atoms with E-state index in [0.717, 1.165) is 41.5 Å². The van der Waals surface area contributed by atoms with Gasteiger partial charge in [0.15, 0.2) is 0 Å². The van der Waals surface area contributed by atoms with E-state index in [-0.39, 0.29) is 27.6 Å². The Bertz CT molecular complexity index is 1050. The first kappa shape index (κ1) is 35.2. The summed E-state index contributed by atoms with van der Waals surface area (Å²) in [5.41, 5.74) is 6.08. The van der Waals surface area contributed by atoms with Gasteiger partial charge < -0.3 is 10.2 Å². The molecule has 0 saturated carbocycles. The Kier molecular flexibility index (Phi) is 11.7. The van der Waals surface area contributed by atoms with Gasteiger partial charge in [0.05, 0.1) is 0 Å². The second-order valence-corrected chi connectivity index (χ2v) is 16.1. The average molecular weight is 565 g/mol. The molecule has 232 valence electrons. The van der Waals surface area contributed by atoms with Crippen molar-refractivity contribution in [1.82, 2.24) is 0 Å². The lowest BCUT2D eigenvalue weighted by molar-refractivity contribution is 0.417. The quantitative estimate of drug-likeness (QED) is 0.237. The fourth-order valence-electron chi connectivity index (χ4n) is 6.30. The van der Waals surface area contributed by atoms with Gasteiger partial charge in [-0.1, -0.05) is 153 Å². The SMILES string of the molecule is CCCCCC(C)(C)c1cc(C(CC)c2cc(C(C)(C)CCCCC)cc(C(C)(C)C)c2O)c(O)c(C(C)(C)C)c1. The van der Waals surface area contributed by atoms with E-state index in [4.69, 9.17) is 0 Å². The van der Waals surface area contributed by atoms with E-state index in [0.29, 0.717) is 11.5 Å². The summed E-state index contributed by atoms with van der Waals surface area (Å²) in [6.45, 7) is 29.2. The predicted octanol–water partition coefficient (Wildman–Crippen LogP) is 12.0. The highest BCUT2D eigenvalue weighted by Crippen LogP contribution is 2.48. The van der Waals surface area contributed by atoms with Gasteiger partial charge in [0.1, 0.15) is 11.5 Å². The van der Waals surface area contributed by atoms with E-state index < -0.39 is 0 Å². The molecule has 2 aromatic rings. The van der Waals surface area contributed by atoms with Crippen molar-refractivity contribution in [1.29, 1.82) is 0 Å². The molecule has 2 rings (SSSR count). The van der Waals surface area contributed by atoms with Crippen LogP contribution >= 0.6 is 0 Å². The molecule has 0 amide bonds. The minimum Gasteiger partial charge on any atom is -0.507 e. The topological polar surface area (TPSA) is 40.5 Å². The van der Waals surface area contributed by atoms with E-state index in [1.807, 2.05) is 0 Å². The van der Waals surface area contributed by atoms with Crippen LogP contribution in [0.25, 0.3) is 0 Å². The molecule has 0 unspecified atom stereocenters. The molecule has 0 saturated heterocycles. The Morgan fingerprint density at radius 2 is 0.878 bits per heavy atom. The molecule has 2 aromatic carbocycles. The van der Waals surface area contributed by atoms with Gasteiger partial charge in [-0.3, -0.25) is 0 Å². The second kappa shape index (κ2) is 13.6. The number of phenols is 2. The van der Waals surface area contributed by atoms with E-state index in [1.165, 1.54) is 49.7 Å². The summed E-state index contributed by atoms with van der Waals surface area (Å²) in [6, 6.07) is 9.04. The molecular formula is C39H64O2. The van der Waals surface area contributed by atoms with Gasteiger partial charge in [0, 0.05) is 17.0 Å². The molecule has 0 heterocycles. The van der Waals surface area contributed by atoms with Crippen LogP contribution in [0.3, 0.4) is 0 Å². The van der Waals surface area contributed by atoms with Gasteiger partial charge in [0.25, 0.3) is 0 Å². The standard InChI is InChI=1S/C39H64O2/c1-14-17-19-21-38(10,11)27-23-30(34(40)32(25-27)36(4,5)6)29(16-3)31-24-28(39(12,13)22-20-18-15-2)26-33(35(31)41)37(7,8)9/h23-26,29,40-41H,14-22H2,1-13H3. The molecule has 41 heavy (non-hydrogen) atoms. The van der Waals surface area contributed by atoms with Gasteiger partial charge in [-0.15, -0.1) is 0 Å². The Labute approximate surface area is 254 Å². The highest BCUT2D eigenvalue weighted by molar-refractivity contribution is 5.57. The summed E-state index contributed by atoms with van der Waals surface area (Å²) in [4.78, 5) is 0. The molecule has 0 radical (unpaired) electrons. The van der Waals surface area contributed by atoms with Gasteiger partial charge in [-0.2, -0.15) is 0 Å². The summed E-state index contributed by atoms with van der Waals surface area (Å²) in [7, 11) is 0. The Morgan fingerprint density at radius 3 is 1.15 bits per heavy atom. The van der Waals surface area contributed by atoms with Crippen LogP contribution < -0.4 is 0 Å². The maximum Gasteiger partial charge on any atom is 0.123 e. The third-order valence-corrected chi connectivity index (χ3v) is 9.43. The molecule has 0 atom stereocenters. The summed E-state index contributed by atoms with van der Waals surface area (Å²) >= 11 is 0. The molecule has 0 aliphatic carbocycles. The van der Waals surface area contributed by atoms with E-state index >= 15 is 0 Å². The summed E-state index contributed by atoms with van der Waals surface area (Å²) in [5.74, 6) is 0.679. The Balaban J connectivity index is 2.87. The monoisotopic (exact) mass is 564 g/mol. The van der Waals surface area contributed by atoms with Crippen molar-refractivity contribution in [2.75, 3.05) is 0 Å². The highest BCUT2D eigenvalue weighted by Gasteiger charge is 2.33. The molecule has 2 N–H and O–H groups in total. The number of hydrogen-bond donors (Lipinski definition) is 2. The Hall–Kier alpha value is -1.96. The van der Waals surface area contributed by atoms with Crippen LogP contribution in [0.2, 0.25) is 0 Å². The Morgan fingerprint density at radius 1 is 0.537 bits per heavy atom. The van der Waals surface area contributed by atoms with Crippen LogP contribution in [0.5, 0.6) is 11.5 Å². The number of benzene rings is 2. The fourth-order valence-corrected chi connectivity index (χ4v) is 6.30. The number of aromatic hydroxyl groups is 2. The van der Waals surface area contributed by atoms with E-state index in [1.54, 1.807) is 0 Å². The van der Waals surface area contributed by atoms with Gasteiger partial charge in [-0.25, -0.2) is 0 Å². The highest BCUT2D eigenvalue weighted by atomic mass is 16.3. The summed E-state index contributed by atoms with van der Waals surface area (Å²) in [6.07, 6.45) is 10.3. The number of unbranched alkanes of at least 4 members (excludes halogenated alkanes) is 4. The first-order valence-electron chi connectivity index (χ1n) is 16.6. The summed E-state index contributed by atoms with van der Waals surface area (Å²) in [5, 5.41) is 23.8. The third kappa shape index (κ3) is 8.55. The van der Waals surface area contributed by atoms with Gasteiger partial charge >= 0.3 is 0 Å². The number of phenolic OH excluding ortho intramolecular Hbond substituents is 2. The molecule has 2 nitrogen and oxygen atoms in total. The first-order valence-corrected chi connectivity index (χ1v) is 16.6. The van der Waals surface area contributed by atoms with Crippen molar-refractivity contribution in [2.24, 2.45) is 0 Å². The van der Waals surface area contributed by atoms with Crippen molar-refractivity contribution in [2.45, 2.75) is 175 Å². The molecule has 0 aliphatic rings. The second-order valence-electron chi connectivity index (χ2n) is 16.1. The lowest BCUT2D eigenvalue weighted by Crippen LogP contribution is -2.22. The van der Waals surface area contributed by atoms with Crippen LogP contribution in [0.15, 0.2) is 24.3 Å². The van der Waals surface area contributed by atoms with Crippen LogP contribution in [-0.2, 0) is 21.7 Å². The molecular weight excluding hydrogens is 500 g/mol. The van der Waals surface area contributed by atoms with Crippen LogP contribution in [-0.4, -0.2) is 10.2 Å². The summed E-state index contributed by atoms with van der Waals surface area (Å²) < 4.78 is 0. The van der Waals surface area contributed by atoms with Crippen molar-refractivity contribution in [3.8, 4) is 11.5 Å². The first-order chi connectivity index (χ1) is 18.8. The molecule has 0 aromatic heterocycles. The maximum atomic E-state index is 11.9. The number of hydrogen-bond acceptors (Lipinski definition) is 2. The van der Waals surface area contributed by atoms with Crippen LogP contribution in [0, 0.1) is 0 Å². The van der Waals surface area contributed by atoms with E-state index in [9.17, 15) is 10.2 Å². The van der Waals surface area contributed by atoms with Crippen molar-refractivity contribution in [3.05, 3.63) is 57.6 Å². The van der Waals surface area contributed by atoms with Crippen LogP contribution in [0.4, 0.5) is 0 Å². The minimum absolute atomic E-state index is 0.00234. The molecule has 0 spiro atoms. The van der Waals surface area contributed by atoms with Gasteiger partial charge in [0.2, 0.25) is 0 Å². The zero-order valence-corrected chi connectivity index (χ0v) is 29.1. The smallest absolute Gasteiger partial charge is 0.123 e. The lowest BCUT2D eigenvalue weighted by Gasteiger charge is -2.34. The zero-order chi connectivity index (χ0) is 31.4. The van der Waals surface area contributed by atoms with Crippen molar-refractivity contribution >= 4 is 0 Å². The van der Waals surface area contributed by atoms with Crippen molar-refractivity contribution in [3.63, 3.8) is 0 Å². The zero-order valence-electron chi connectivity index (χ0n) is 29.1. The largest absolute Gasteiger partial charge is 0.507 e.